The molecule has 0 aromatic carbocycles. The number of amides is 1. The molecular formula is C6H10N2O. The maximum Gasteiger partial charge on any atom is 0.240 e. The Morgan fingerprint density at radius 1 is 1.78 bits per heavy atom. The minimum atomic E-state index is -0.0532. The highest BCUT2D eigenvalue weighted by Crippen LogP contribution is 2.18. The molecule has 1 rings (SSSR count). The highest BCUT2D eigenvalue weighted by atomic mass is 16.2. The second-order valence-corrected chi connectivity index (χ2v) is 2.96. The van der Waals surface area contributed by atoms with Crippen molar-refractivity contribution in [3.63, 3.8) is 0 Å². The fourth-order valence-electron chi connectivity index (χ4n) is 0.778. The smallest absolute Gasteiger partial charge is 0.240 e. The van der Waals surface area contributed by atoms with Gasteiger partial charge in [-0.15, -0.1) is 0 Å². The van der Waals surface area contributed by atoms with Crippen LogP contribution in [0.3, 0.4) is 0 Å². The van der Waals surface area contributed by atoms with Crippen LogP contribution < -0.4 is 5.43 Å². The van der Waals surface area contributed by atoms with Gasteiger partial charge >= 0.3 is 0 Å². The van der Waals surface area contributed by atoms with Gasteiger partial charge in [-0.05, 0) is 0 Å². The zero-order chi connectivity index (χ0) is 6.91. The van der Waals surface area contributed by atoms with Crippen molar-refractivity contribution in [2.45, 2.75) is 20.3 Å². The number of carbonyl (C=O) groups is 1. The lowest BCUT2D eigenvalue weighted by molar-refractivity contribution is -0.122. The van der Waals surface area contributed by atoms with Gasteiger partial charge in [0.1, 0.15) is 0 Å². The normalized spacial score (nSPS) is 23.6. The van der Waals surface area contributed by atoms with E-state index < -0.39 is 0 Å². The molecule has 0 aliphatic carbocycles. The van der Waals surface area contributed by atoms with E-state index in [0.717, 1.165) is 0 Å². The van der Waals surface area contributed by atoms with Gasteiger partial charge in [0.25, 0.3) is 0 Å². The monoisotopic (exact) mass is 126 g/mol. The van der Waals surface area contributed by atoms with E-state index >= 15 is 0 Å². The molecule has 3 nitrogen and oxygen atoms in total. The molecule has 0 spiro atoms. The van der Waals surface area contributed by atoms with E-state index in [2.05, 4.69) is 10.5 Å². The predicted octanol–water partition coefficient (Wildman–Crippen LogP) is 0.518. The van der Waals surface area contributed by atoms with E-state index in [9.17, 15) is 4.79 Å². The molecule has 0 bridgehead atoms. The minimum absolute atomic E-state index is 0.00231. The molecule has 3 heteroatoms. The Morgan fingerprint density at radius 3 is 2.78 bits per heavy atom. The first-order chi connectivity index (χ1) is 4.10. The molecular weight excluding hydrogens is 116 g/mol. The van der Waals surface area contributed by atoms with E-state index in [1.165, 1.54) is 0 Å². The second-order valence-electron chi connectivity index (χ2n) is 2.96. The van der Waals surface area contributed by atoms with E-state index in [-0.39, 0.29) is 11.3 Å². The maximum atomic E-state index is 10.7. The first-order valence-corrected chi connectivity index (χ1v) is 2.93. The van der Waals surface area contributed by atoms with E-state index in [1.54, 1.807) is 6.21 Å². The molecule has 0 radical (unpaired) electrons. The van der Waals surface area contributed by atoms with Crippen molar-refractivity contribution >= 4 is 12.1 Å². The highest BCUT2D eigenvalue weighted by Gasteiger charge is 2.22. The minimum Gasteiger partial charge on any atom is -0.273 e. The number of rotatable bonds is 0. The number of hydrogen-bond acceptors (Lipinski definition) is 2. The average Bonchev–Trinajstić information content (AvgIpc) is 1.60. The van der Waals surface area contributed by atoms with Crippen LogP contribution in [0.4, 0.5) is 0 Å². The van der Waals surface area contributed by atoms with Crippen LogP contribution in [0, 0.1) is 5.41 Å². The first kappa shape index (κ1) is 6.26. The Hall–Kier alpha value is -0.860. The summed E-state index contributed by atoms with van der Waals surface area (Å²) in [6.45, 7) is 3.96. The second kappa shape index (κ2) is 1.83. The molecule has 1 amide bonds. The van der Waals surface area contributed by atoms with Gasteiger partial charge in [0, 0.05) is 18.1 Å². The van der Waals surface area contributed by atoms with E-state index in [4.69, 9.17) is 0 Å². The number of carbonyl (C=O) groups excluding carboxylic acids is 1. The van der Waals surface area contributed by atoms with Crippen LogP contribution in [0.5, 0.6) is 0 Å². The molecule has 9 heavy (non-hydrogen) atoms. The Morgan fingerprint density at radius 2 is 2.44 bits per heavy atom. The molecule has 0 atom stereocenters. The number of hydrogen-bond donors (Lipinski definition) is 1. The number of nitrogens with zero attached hydrogens (tertiary/aromatic N) is 1. The van der Waals surface area contributed by atoms with Gasteiger partial charge in [-0.2, -0.15) is 5.10 Å². The predicted molar refractivity (Wildman–Crippen MR) is 35.0 cm³/mol. The molecule has 0 aromatic rings. The van der Waals surface area contributed by atoms with Crippen LogP contribution in [0.1, 0.15) is 20.3 Å². The third kappa shape index (κ3) is 1.52. The molecule has 0 saturated carbocycles. The zero-order valence-electron chi connectivity index (χ0n) is 5.64. The SMILES string of the molecule is CC1(C)C=NNC(=O)C1. The highest BCUT2D eigenvalue weighted by molar-refractivity contribution is 5.84. The molecule has 0 fully saturated rings. The molecule has 1 aliphatic heterocycles. The van der Waals surface area contributed by atoms with Crippen LogP contribution >= 0.6 is 0 Å². The van der Waals surface area contributed by atoms with Gasteiger partial charge in [-0.25, -0.2) is 5.43 Å². The lowest BCUT2D eigenvalue weighted by Crippen LogP contribution is -2.32. The summed E-state index contributed by atoms with van der Waals surface area (Å²) in [6.07, 6.45) is 2.30. The van der Waals surface area contributed by atoms with Gasteiger partial charge in [0.2, 0.25) is 5.91 Å². The van der Waals surface area contributed by atoms with Crippen molar-refractivity contribution in [2.24, 2.45) is 10.5 Å². The Bertz CT molecular complexity index is 160. The van der Waals surface area contributed by atoms with Gasteiger partial charge < -0.3 is 0 Å². The van der Waals surface area contributed by atoms with Crippen LogP contribution in [0.25, 0.3) is 0 Å². The van der Waals surface area contributed by atoms with Crippen LogP contribution in [-0.4, -0.2) is 12.1 Å². The van der Waals surface area contributed by atoms with Crippen molar-refractivity contribution in [1.82, 2.24) is 5.43 Å². The molecule has 0 saturated heterocycles. The number of hydrazone groups is 1. The van der Waals surface area contributed by atoms with Gasteiger partial charge in [0.05, 0.1) is 0 Å². The largest absolute Gasteiger partial charge is 0.273 e. The summed E-state index contributed by atoms with van der Waals surface area (Å²) in [7, 11) is 0. The molecule has 0 unspecified atom stereocenters. The van der Waals surface area contributed by atoms with Crippen LogP contribution in [0.2, 0.25) is 0 Å². The Labute approximate surface area is 54.1 Å². The summed E-state index contributed by atoms with van der Waals surface area (Å²) >= 11 is 0. The molecule has 1 N–H and O–H groups in total. The third-order valence-electron chi connectivity index (χ3n) is 1.22. The summed E-state index contributed by atoms with van der Waals surface area (Å²) in [5, 5.41) is 3.69. The Balaban J connectivity index is 2.71. The summed E-state index contributed by atoms with van der Waals surface area (Å²) in [5.74, 6) is 0.00231. The lowest BCUT2D eigenvalue weighted by Gasteiger charge is -2.20. The quantitative estimate of drug-likeness (QED) is 0.505. The summed E-state index contributed by atoms with van der Waals surface area (Å²) < 4.78 is 0. The zero-order valence-corrected chi connectivity index (χ0v) is 5.64. The average molecular weight is 126 g/mol. The van der Waals surface area contributed by atoms with Crippen molar-refractivity contribution in [3.8, 4) is 0 Å². The molecule has 1 heterocycles. The molecule has 50 valence electrons. The van der Waals surface area contributed by atoms with Crippen molar-refractivity contribution in [1.29, 1.82) is 0 Å². The van der Waals surface area contributed by atoms with Crippen molar-refractivity contribution < 1.29 is 4.79 Å². The Kier molecular flexibility index (Phi) is 1.27. The van der Waals surface area contributed by atoms with Gasteiger partial charge in [-0.1, -0.05) is 13.8 Å². The van der Waals surface area contributed by atoms with E-state index in [1.807, 2.05) is 13.8 Å². The van der Waals surface area contributed by atoms with Crippen molar-refractivity contribution in [3.05, 3.63) is 0 Å². The van der Waals surface area contributed by atoms with Crippen molar-refractivity contribution in [2.75, 3.05) is 0 Å². The summed E-state index contributed by atoms with van der Waals surface area (Å²) in [6, 6.07) is 0. The van der Waals surface area contributed by atoms with Gasteiger partial charge in [0.15, 0.2) is 0 Å². The first-order valence-electron chi connectivity index (χ1n) is 2.93. The molecule has 0 aromatic heterocycles. The summed E-state index contributed by atoms with van der Waals surface area (Å²) in [4.78, 5) is 10.7. The standard InChI is InChI=1S/C6H10N2O/c1-6(2)3-5(9)8-7-4-6/h4H,3H2,1-2H3,(H,8,9). The lowest BCUT2D eigenvalue weighted by atomic mass is 9.90. The third-order valence-corrected chi connectivity index (χ3v) is 1.22. The van der Waals surface area contributed by atoms with Crippen LogP contribution in [0.15, 0.2) is 5.10 Å². The fraction of sp³-hybridized carbons (Fsp3) is 0.667. The fourth-order valence-corrected chi connectivity index (χ4v) is 0.778. The van der Waals surface area contributed by atoms with Gasteiger partial charge in [-0.3, -0.25) is 4.79 Å². The number of nitrogens with one attached hydrogen (secondary N) is 1. The summed E-state index contributed by atoms with van der Waals surface area (Å²) in [5.41, 5.74) is 2.31. The topological polar surface area (TPSA) is 41.5 Å². The van der Waals surface area contributed by atoms with Crippen LogP contribution in [-0.2, 0) is 4.79 Å². The van der Waals surface area contributed by atoms with E-state index in [0.29, 0.717) is 6.42 Å². The maximum absolute atomic E-state index is 10.7. The molecule has 1 aliphatic rings.